The van der Waals surface area contributed by atoms with Gasteiger partial charge in [0.05, 0.1) is 0 Å². The highest BCUT2D eigenvalue weighted by Crippen LogP contribution is 2.44. The summed E-state index contributed by atoms with van der Waals surface area (Å²) in [5.41, 5.74) is 0. The largest absolute Gasteiger partial charge is 0.480 e. The molecule has 2 N–H and O–H groups in total. The molecular weight excluding hydrogens is 322 g/mol. The van der Waals surface area contributed by atoms with Crippen LogP contribution in [0, 0.1) is 0 Å². The maximum atomic E-state index is 12.5. The number of hydrogen-bond acceptors (Lipinski definition) is 7. The lowest BCUT2D eigenvalue weighted by atomic mass is 9.98. The molecule has 6 atom stereocenters. The van der Waals surface area contributed by atoms with Crippen molar-refractivity contribution in [2.75, 3.05) is 0 Å². The van der Waals surface area contributed by atoms with E-state index in [2.05, 4.69) is 5.32 Å². The summed E-state index contributed by atoms with van der Waals surface area (Å²) in [6.45, 7) is 8.32. The second-order valence-corrected chi connectivity index (χ2v) is 7.16. The van der Waals surface area contributed by atoms with E-state index in [1.54, 1.807) is 27.7 Å². The van der Waals surface area contributed by atoms with Gasteiger partial charge in [-0.3, -0.25) is 9.59 Å². The van der Waals surface area contributed by atoms with Crippen LogP contribution in [0.4, 0.5) is 0 Å². The molecule has 0 aromatic carbocycles. The minimum absolute atomic E-state index is 0.535. The van der Waals surface area contributed by atoms with E-state index in [0.29, 0.717) is 0 Å². The highest BCUT2D eigenvalue weighted by Gasteiger charge is 2.62. The number of carbonyl (C=O) groups excluding carboxylic acids is 1. The first-order valence-corrected chi connectivity index (χ1v) is 7.89. The molecule has 3 aliphatic heterocycles. The quantitative estimate of drug-likeness (QED) is 0.733. The van der Waals surface area contributed by atoms with Crippen LogP contribution in [0.15, 0.2) is 0 Å². The number of amides is 1. The summed E-state index contributed by atoms with van der Waals surface area (Å²) in [6.07, 6.45) is -3.67. The van der Waals surface area contributed by atoms with Gasteiger partial charge in [0.2, 0.25) is 0 Å². The van der Waals surface area contributed by atoms with Gasteiger partial charge in [-0.25, -0.2) is 0 Å². The van der Waals surface area contributed by atoms with Gasteiger partial charge in [-0.1, -0.05) is 0 Å². The molecule has 0 bridgehead atoms. The van der Waals surface area contributed by atoms with E-state index in [0.717, 1.165) is 0 Å². The van der Waals surface area contributed by atoms with Crippen molar-refractivity contribution in [3.63, 3.8) is 0 Å². The highest BCUT2D eigenvalue weighted by molar-refractivity contribution is 5.86. The van der Waals surface area contributed by atoms with Crippen molar-refractivity contribution >= 4 is 11.9 Å². The molecule has 0 saturated carbocycles. The predicted octanol–water partition coefficient (Wildman–Crippen LogP) is -0.0278. The van der Waals surface area contributed by atoms with Crippen molar-refractivity contribution in [2.24, 2.45) is 0 Å². The fourth-order valence-electron chi connectivity index (χ4n) is 3.18. The Balaban J connectivity index is 1.82. The number of carboxylic acid groups (broad SMARTS) is 1. The van der Waals surface area contributed by atoms with Gasteiger partial charge in [0.25, 0.3) is 5.91 Å². The maximum absolute atomic E-state index is 12.5. The Morgan fingerprint density at radius 2 is 1.50 bits per heavy atom. The summed E-state index contributed by atoms with van der Waals surface area (Å²) < 4.78 is 29.0. The number of ether oxygens (including phenoxy) is 5. The molecule has 0 radical (unpaired) electrons. The highest BCUT2D eigenvalue weighted by atomic mass is 16.9. The molecule has 136 valence electrons. The Morgan fingerprint density at radius 3 is 2.12 bits per heavy atom. The normalized spacial score (nSPS) is 40.5. The molecule has 9 nitrogen and oxygen atoms in total. The first kappa shape index (κ1) is 17.6. The topological polar surface area (TPSA) is 113 Å². The predicted molar refractivity (Wildman–Crippen MR) is 77.8 cm³/mol. The molecule has 24 heavy (non-hydrogen) atoms. The second-order valence-electron chi connectivity index (χ2n) is 7.16. The van der Waals surface area contributed by atoms with E-state index in [1.165, 1.54) is 6.92 Å². The van der Waals surface area contributed by atoms with Crippen molar-refractivity contribution < 1.29 is 38.4 Å². The minimum Gasteiger partial charge on any atom is -0.480 e. The van der Waals surface area contributed by atoms with E-state index in [4.69, 9.17) is 28.8 Å². The summed E-state index contributed by atoms with van der Waals surface area (Å²) in [4.78, 5) is 23.4. The lowest BCUT2D eigenvalue weighted by molar-refractivity contribution is -0.231. The smallest absolute Gasteiger partial charge is 0.325 e. The minimum atomic E-state index is -1.14. The van der Waals surface area contributed by atoms with Gasteiger partial charge >= 0.3 is 5.97 Å². The van der Waals surface area contributed by atoms with Crippen LogP contribution in [-0.4, -0.2) is 65.3 Å². The Kier molecular flexibility index (Phi) is 4.12. The number of carbonyl (C=O) groups is 2. The van der Waals surface area contributed by atoms with Crippen LogP contribution in [0.5, 0.6) is 0 Å². The zero-order valence-electron chi connectivity index (χ0n) is 14.3. The van der Waals surface area contributed by atoms with E-state index >= 15 is 0 Å². The first-order chi connectivity index (χ1) is 11.0. The number of aliphatic carboxylic acids is 1. The van der Waals surface area contributed by atoms with Gasteiger partial charge < -0.3 is 34.1 Å². The fourth-order valence-corrected chi connectivity index (χ4v) is 3.18. The summed E-state index contributed by atoms with van der Waals surface area (Å²) >= 11 is 0. The summed E-state index contributed by atoms with van der Waals surface area (Å²) in [6, 6.07) is -1.05. The average molecular weight is 345 g/mol. The van der Waals surface area contributed by atoms with E-state index in [-0.39, 0.29) is 0 Å². The van der Waals surface area contributed by atoms with Crippen LogP contribution in [0.2, 0.25) is 0 Å². The lowest BCUT2D eigenvalue weighted by Gasteiger charge is -2.36. The van der Waals surface area contributed by atoms with Crippen molar-refractivity contribution in [1.29, 1.82) is 0 Å². The molecular formula is C15H23NO8. The van der Waals surface area contributed by atoms with Gasteiger partial charge in [-0.2, -0.15) is 0 Å². The van der Waals surface area contributed by atoms with Gasteiger partial charge in [0, 0.05) is 0 Å². The van der Waals surface area contributed by atoms with Crippen LogP contribution in [-0.2, 0) is 33.3 Å². The average Bonchev–Trinajstić information content (AvgIpc) is 2.91. The van der Waals surface area contributed by atoms with Gasteiger partial charge in [0.1, 0.15) is 24.4 Å². The third-order valence-corrected chi connectivity index (χ3v) is 4.14. The van der Waals surface area contributed by atoms with E-state index in [9.17, 15) is 9.59 Å². The molecule has 9 heteroatoms. The third kappa shape index (κ3) is 3.14. The van der Waals surface area contributed by atoms with E-state index < -0.39 is 60.2 Å². The standard InChI is InChI=1S/C15H23NO8/c1-6(12(18)19)16-11(17)9-7-8(22-14(2,3)21-7)10-13(20-9)24-15(4,5)23-10/h6-10,13H,1-5H3,(H,16,17)(H,18,19)/t6-,7+,8-,9+,10+,13+/m0/s1. The number of rotatable bonds is 3. The Morgan fingerprint density at radius 1 is 0.958 bits per heavy atom. The zero-order chi connectivity index (χ0) is 17.9. The molecule has 0 aromatic heterocycles. The summed E-state index contributed by atoms with van der Waals surface area (Å²) in [5, 5.41) is 11.4. The molecule has 0 aliphatic carbocycles. The Labute approximate surface area is 139 Å². The molecule has 0 spiro atoms. The van der Waals surface area contributed by atoms with Crippen LogP contribution < -0.4 is 5.32 Å². The maximum Gasteiger partial charge on any atom is 0.325 e. The number of fused-ring (bicyclic) bond motifs is 3. The number of hydrogen-bond donors (Lipinski definition) is 2. The van der Waals surface area contributed by atoms with Crippen molar-refractivity contribution in [1.82, 2.24) is 5.32 Å². The lowest BCUT2D eigenvalue weighted by Crippen LogP contribution is -2.60. The molecule has 3 rings (SSSR count). The third-order valence-electron chi connectivity index (χ3n) is 4.14. The molecule has 0 aromatic rings. The van der Waals surface area contributed by atoms with Crippen LogP contribution in [0.3, 0.4) is 0 Å². The van der Waals surface area contributed by atoms with Crippen LogP contribution in [0.1, 0.15) is 34.6 Å². The van der Waals surface area contributed by atoms with Crippen molar-refractivity contribution in [3.05, 3.63) is 0 Å². The molecule has 0 unspecified atom stereocenters. The van der Waals surface area contributed by atoms with Gasteiger partial charge in [-0.05, 0) is 34.6 Å². The zero-order valence-corrected chi connectivity index (χ0v) is 14.3. The fraction of sp³-hybridized carbons (Fsp3) is 0.867. The molecule has 3 heterocycles. The molecule has 1 amide bonds. The van der Waals surface area contributed by atoms with Gasteiger partial charge in [0.15, 0.2) is 24.0 Å². The van der Waals surface area contributed by atoms with Crippen molar-refractivity contribution in [3.8, 4) is 0 Å². The van der Waals surface area contributed by atoms with E-state index in [1.807, 2.05) is 0 Å². The second kappa shape index (κ2) is 5.63. The molecule has 3 aliphatic rings. The molecule has 3 saturated heterocycles. The number of nitrogens with one attached hydrogen (secondary N) is 1. The van der Waals surface area contributed by atoms with Crippen molar-refractivity contribution in [2.45, 2.75) is 82.9 Å². The Bertz CT molecular complexity index is 548. The molecule has 3 fully saturated rings. The number of carboxylic acids is 1. The summed E-state index contributed by atoms with van der Waals surface area (Å²) in [7, 11) is 0. The van der Waals surface area contributed by atoms with Crippen LogP contribution in [0.25, 0.3) is 0 Å². The summed E-state index contributed by atoms with van der Waals surface area (Å²) in [5.74, 6) is -3.52. The SMILES string of the molecule is C[C@H](NC(=O)[C@@H]1O[C@@H]2OC(C)(C)O[C@@H]2[C@H]2OC(C)(C)O[C@H]21)C(=O)O. The van der Waals surface area contributed by atoms with Gasteiger partial charge in [-0.15, -0.1) is 0 Å². The Hall–Kier alpha value is -1.26. The first-order valence-electron chi connectivity index (χ1n) is 7.89. The monoisotopic (exact) mass is 345 g/mol. The van der Waals surface area contributed by atoms with Crippen LogP contribution >= 0.6 is 0 Å².